The smallest absolute Gasteiger partial charge is 0.144 e. The molecule has 4 heteroatoms. The number of nitrogens with two attached hydrogens (primary N) is 1. The maximum atomic E-state index is 8.73. The monoisotopic (exact) mass is 291 g/mol. The van der Waals surface area contributed by atoms with Crippen LogP contribution in [0.4, 0.5) is 0 Å². The molecule has 4 N–H and O–H groups in total. The van der Waals surface area contributed by atoms with Crippen molar-refractivity contribution in [2.45, 2.75) is 46.0 Å². The molecule has 0 spiro atoms. The van der Waals surface area contributed by atoms with Gasteiger partial charge in [-0.3, -0.25) is 0 Å². The molecule has 4 nitrogen and oxygen atoms in total. The van der Waals surface area contributed by atoms with Gasteiger partial charge >= 0.3 is 0 Å². The van der Waals surface area contributed by atoms with Gasteiger partial charge < -0.3 is 16.3 Å². The quantitative estimate of drug-likeness (QED) is 0.215. The Morgan fingerprint density at radius 2 is 1.95 bits per heavy atom. The van der Waals surface area contributed by atoms with E-state index in [-0.39, 0.29) is 5.41 Å². The molecule has 21 heavy (non-hydrogen) atoms. The van der Waals surface area contributed by atoms with Gasteiger partial charge in [-0.05, 0) is 30.9 Å². The molecule has 0 aliphatic rings. The highest BCUT2D eigenvalue weighted by Gasteiger charge is 2.22. The first-order valence-electron chi connectivity index (χ1n) is 7.71. The van der Waals surface area contributed by atoms with Crippen molar-refractivity contribution in [1.82, 2.24) is 5.32 Å². The third kappa shape index (κ3) is 6.17. The van der Waals surface area contributed by atoms with Gasteiger partial charge in [0.1, 0.15) is 5.84 Å². The first-order chi connectivity index (χ1) is 9.97. The fraction of sp³-hybridized carbons (Fsp3) is 0.588. The first-order valence-corrected chi connectivity index (χ1v) is 7.71. The average Bonchev–Trinajstić information content (AvgIpc) is 2.50. The van der Waals surface area contributed by atoms with Crippen LogP contribution in [-0.4, -0.2) is 24.1 Å². The molecular formula is C17H29N3O. The number of nitrogens with one attached hydrogen (secondary N) is 1. The van der Waals surface area contributed by atoms with Crippen LogP contribution in [0.3, 0.4) is 0 Å². The second-order valence-electron chi connectivity index (χ2n) is 6.34. The molecule has 1 atom stereocenters. The highest BCUT2D eigenvalue weighted by atomic mass is 16.4. The second-order valence-corrected chi connectivity index (χ2v) is 6.34. The lowest BCUT2D eigenvalue weighted by atomic mass is 9.86. The predicted molar refractivity (Wildman–Crippen MR) is 88.8 cm³/mol. The summed E-state index contributed by atoms with van der Waals surface area (Å²) in [5, 5.41) is 15.3. The van der Waals surface area contributed by atoms with Crippen LogP contribution in [-0.2, 0) is 0 Å². The molecule has 0 radical (unpaired) electrons. The van der Waals surface area contributed by atoms with E-state index in [0.29, 0.717) is 11.8 Å². The molecule has 0 amide bonds. The number of hydrogen-bond acceptors (Lipinski definition) is 3. The van der Waals surface area contributed by atoms with Gasteiger partial charge in [-0.1, -0.05) is 62.7 Å². The van der Waals surface area contributed by atoms with Crippen LogP contribution in [0.5, 0.6) is 0 Å². The van der Waals surface area contributed by atoms with Gasteiger partial charge in [0.05, 0.1) is 0 Å². The van der Waals surface area contributed by atoms with E-state index in [2.05, 4.69) is 41.7 Å². The SMILES string of the molecule is CC(CNCCCCC(C)(C)/C(N)=N/O)c1ccccc1. The summed E-state index contributed by atoms with van der Waals surface area (Å²) < 4.78 is 0. The summed E-state index contributed by atoms with van der Waals surface area (Å²) in [6, 6.07) is 10.6. The molecule has 0 aliphatic heterocycles. The molecule has 0 aliphatic carbocycles. The number of hydrogen-bond donors (Lipinski definition) is 3. The third-order valence-electron chi connectivity index (χ3n) is 4.03. The maximum absolute atomic E-state index is 8.73. The summed E-state index contributed by atoms with van der Waals surface area (Å²) >= 11 is 0. The zero-order chi connectivity index (χ0) is 15.7. The fourth-order valence-corrected chi connectivity index (χ4v) is 2.30. The molecule has 0 fully saturated rings. The summed E-state index contributed by atoms with van der Waals surface area (Å²) in [6.45, 7) is 8.25. The summed E-state index contributed by atoms with van der Waals surface area (Å²) in [5.74, 6) is 0.841. The van der Waals surface area contributed by atoms with Crippen molar-refractivity contribution in [3.8, 4) is 0 Å². The van der Waals surface area contributed by atoms with E-state index in [1.807, 2.05) is 19.9 Å². The van der Waals surface area contributed by atoms with Gasteiger partial charge in [0.2, 0.25) is 0 Å². The van der Waals surface area contributed by atoms with E-state index in [9.17, 15) is 0 Å². The van der Waals surface area contributed by atoms with E-state index in [0.717, 1.165) is 32.4 Å². The molecule has 1 aromatic carbocycles. The fourth-order valence-electron chi connectivity index (χ4n) is 2.30. The number of rotatable bonds is 9. The predicted octanol–water partition coefficient (Wildman–Crippen LogP) is 3.32. The van der Waals surface area contributed by atoms with Crippen molar-refractivity contribution < 1.29 is 5.21 Å². The number of amidine groups is 1. The molecule has 118 valence electrons. The van der Waals surface area contributed by atoms with Crippen LogP contribution in [0.15, 0.2) is 35.5 Å². The topological polar surface area (TPSA) is 70.6 Å². The Morgan fingerprint density at radius 3 is 2.57 bits per heavy atom. The lowest BCUT2D eigenvalue weighted by Gasteiger charge is -2.22. The van der Waals surface area contributed by atoms with Gasteiger partial charge in [-0.25, -0.2) is 0 Å². The Labute approximate surface area is 128 Å². The molecule has 0 saturated heterocycles. The molecule has 1 aromatic rings. The van der Waals surface area contributed by atoms with Crippen LogP contribution in [0, 0.1) is 5.41 Å². The minimum absolute atomic E-state index is 0.230. The van der Waals surface area contributed by atoms with Crippen LogP contribution in [0.25, 0.3) is 0 Å². The second kappa shape index (κ2) is 8.67. The molecular weight excluding hydrogens is 262 g/mol. The number of oxime groups is 1. The van der Waals surface area contributed by atoms with Crippen molar-refractivity contribution in [1.29, 1.82) is 0 Å². The highest BCUT2D eigenvalue weighted by molar-refractivity contribution is 5.85. The summed E-state index contributed by atoms with van der Waals surface area (Å²) in [6.07, 6.45) is 3.10. The summed E-state index contributed by atoms with van der Waals surface area (Å²) in [7, 11) is 0. The number of unbranched alkanes of at least 4 members (excludes halogenated alkanes) is 1. The van der Waals surface area contributed by atoms with Gasteiger partial charge in [0.25, 0.3) is 0 Å². The maximum Gasteiger partial charge on any atom is 0.144 e. The van der Waals surface area contributed by atoms with E-state index in [1.54, 1.807) is 0 Å². The Balaban J connectivity index is 2.15. The standard InChI is InChI=1S/C17H29N3O/c1-14(15-9-5-4-6-10-15)13-19-12-8-7-11-17(2,3)16(18)20-21/h4-6,9-10,14,19,21H,7-8,11-13H2,1-3H3,(H2,18,20). The van der Waals surface area contributed by atoms with Crippen molar-refractivity contribution in [3.05, 3.63) is 35.9 Å². The van der Waals surface area contributed by atoms with Crippen molar-refractivity contribution in [3.63, 3.8) is 0 Å². The molecule has 0 saturated carbocycles. The van der Waals surface area contributed by atoms with Crippen LogP contribution >= 0.6 is 0 Å². The Morgan fingerprint density at radius 1 is 1.29 bits per heavy atom. The van der Waals surface area contributed by atoms with E-state index >= 15 is 0 Å². The van der Waals surface area contributed by atoms with Gasteiger partial charge in [-0.2, -0.15) is 0 Å². The minimum atomic E-state index is -0.230. The normalized spacial score (nSPS) is 14.1. The van der Waals surface area contributed by atoms with Gasteiger partial charge in [-0.15, -0.1) is 0 Å². The van der Waals surface area contributed by atoms with Crippen molar-refractivity contribution in [2.24, 2.45) is 16.3 Å². The molecule has 0 heterocycles. The van der Waals surface area contributed by atoms with Gasteiger partial charge in [0, 0.05) is 12.0 Å². The van der Waals surface area contributed by atoms with Crippen LogP contribution in [0.1, 0.15) is 51.5 Å². The summed E-state index contributed by atoms with van der Waals surface area (Å²) in [4.78, 5) is 0. The van der Waals surface area contributed by atoms with Crippen molar-refractivity contribution in [2.75, 3.05) is 13.1 Å². The molecule has 1 unspecified atom stereocenters. The zero-order valence-corrected chi connectivity index (χ0v) is 13.5. The van der Waals surface area contributed by atoms with Crippen LogP contribution < -0.4 is 11.1 Å². The third-order valence-corrected chi connectivity index (χ3v) is 4.03. The molecule has 0 bridgehead atoms. The molecule has 1 rings (SSSR count). The van der Waals surface area contributed by atoms with E-state index < -0.39 is 0 Å². The van der Waals surface area contributed by atoms with Crippen molar-refractivity contribution >= 4 is 5.84 Å². The largest absolute Gasteiger partial charge is 0.409 e. The van der Waals surface area contributed by atoms with E-state index in [1.165, 1.54) is 5.56 Å². The van der Waals surface area contributed by atoms with Crippen LogP contribution in [0.2, 0.25) is 0 Å². The van der Waals surface area contributed by atoms with Gasteiger partial charge in [0.15, 0.2) is 0 Å². The lowest BCUT2D eigenvalue weighted by Crippen LogP contribution is -2.32. The Hall–Kier alpha value is -1.55. The minimum Gasteiger partial charge on any atom is -0.409 e. The first kappa shape index (κ1) is 17.5. The highest BCUT2D eigenvalue weighted by Crippen LogP contribution is 2.23. The summed E-state index contributed by atoms with van der Waals surface area (Å²) in [5.41, 5.74) is 6.82. The molecule has 0 aromatic heterocycles. The lowest BCUT2D eigenvalue weighted by molar-refractivity contribution is 0.304. The number of benzene rings is 1. The Bertz CT molecular complexity index is 429. The average molecular weight is 291 g/mol. The number of nitrogens with zero attached hydrogens (tertiary/aromatic N) is 1. The van der Waals surface area contributed by atoms with E-state index in [4.69, 9.17) is 10.9 Å². The Kier molecular flexibility index (Phi) is 7.23. The zero-order valence-electron chi connectivity index (χ0n) is 13.5.